The Kier molecular flexibility index (Phi) is 5.03. The number of carbonyl (C=O) groups is 1. The monoisotopic (exact) mass is 264 g/mol. The third-order valence-corrected chi connectivity index (χ3v) is 3.13. The molecule has 1 aromatic carbocycles. The van der Waals surface area contributed by atoms with Crippen LogP contribution in [-0.2, 0) is 9.53 Å². The lowest BCUT2D eigenvalue weighted by molar-refractivity contribution is -0.123. The first-order chi connectivity index (χ1) is 9.24. The largest absolute Gasteiger partial charge is 0.484 e. The van der Waals surface area contributed by atoms with E-state index in [4.69, 9.17) is 15.2 Å². The summed E-state index contributed by atoms with van der Waals surface area (Å²) < 4.78 is 10.6. The summed E-state index contributed by atoms with van der Waals surface area (Å²) in [6.07, 6.45) is 2.06. The van der Waals surface area contributed by atoms with Gasteiger partial charge < -0.3 is 20.5 Å². The van der Waals surface area contributed by atoms with Crippen molar-refractivity contribution in [3.8, 4) is 5.75 Å². The number of benzene rings is 1. The molecule has 1 aliphatic heterocycles. The molecular formula is C14H20N2O3. The molecule has 5 nitrogen and oxygen atoms in total. The van der Waals surface area contributed by atoms with Gasteiger partial charge in [0.1, 0.15) is 5.75 Å². The highest BCUT2D eigenvalue weighted by molar-refractivity contribution is 5.77. The molecule has 1 atom stereocenters. The number of hydrogen-bond acceptors (Lipinski definition) is 4. The average Bonchev–Trinajstić information content (AvgIpc) is 2.90. The highest BCUT2D eigenvalue weighted by atomic mass is 16.5. The molecule has 1 aromatic rings. The fraction of sp³-hybridized carbons (Fsp3) is 0.500. The van der Waals surface area contributed by atoms with E-state index in [1.165, 1.54) is 0 Å². The van der Waals surface area contributed by atoms with Crippen molar-refractivity contribution in [2.75, 3.05) is 32.1 Å². The maximum absolute atomic E-state index is 11.6. The van der Waals surface area contributed by atoms with E-state index in [9.17, 15) is 4.79 Å². The van der Waals surface area contributed by atoms with Crippen molar-refractivity contribution in [3.63, 3.8) is 0 Å². The zero-order valence-electron chi connectivity index (χ0n) is 10.9. The quantitative estimate of drug-likeness (QED) is 0.757. The summed E-state index contributed by atoms with van der Waals surface area (Å²) in [4.78, 5) is 11.6. The van der Waals surface area contributed by atoms with Gasteiger partial charge in [-0.2, -0.15) is 0 Å². The van der Waals surface area contributed by atoms with Gasteiger partial charge in [-0.1, -0.05) is 6.07 Å². The standard InChI is InChI=1S/C14H20N2O3/c15-12-2-1-3-13(8-12)19-10-14(17)16-6-4-11-5-7-18-9-11/h1-3,8,11H,4-7,9-10,15H2,(H,16,17). The molecule has 104 valence electrons. The van der Waals surface area contributed by atoms with Crippen LogP contribution < -0.4 is 15.8 Å². The Bertz CT molecular complexity index is 417. The normalized spacial score (nSPS) is 18.2. The molecule has 1 aliphatic rings. The molecule has 19 heavy (non-hydrogen) atoms. The maximum atomic E-state index is 11.6. The third kappa shape index (κ3) is 4.79. The number of hydrogen-bond donors (Lipinski definition) is 2. The molecule has 0 radical (unpaired) electrons. The zero-order valence-corrected chi connectivity index (χ0v) is 10.9. The molecule has 0 aromatic heterocycles. The molecule has 5 heteroatoms. The minimum Gasteiger partial charge on any atom is -0.484 e. The highest BCUT2D eigenvalue weighted by Gasteiger charge is 2.15. The van der Waals surface area contributed by atoms with E-state index in [0.717, 1.165) is 26.1 Å². The minimum absolute atomic E-state index is 0.0185. The Labute approximate surface area is 113 Å². The summed E-state index contributed by atoms with van der Waals surface area (Å²) >= 11 is 0. The minimum atomic E-state index is -0.110. The molecular weight excluding hydrogens is 244 g/mol. The zero-order chi connectivity index (χ0) is 13.5. The van der Waals surface area contributed by atoms with Crippen LogP contribution in [0.15, 0.2) is 24.3 Å². The first-order valence-corrected chi connectivity index (χ1v) is 6.57. The lowest BCUT2D eigenvalue weighted by Gasteiger charge is -2.10. The van der Waals surface area contributed by atoms with Crippen LogP contribution in [0.1, 0.15) is 12.8 Å². The van der Waals surface area contributed by atoms with Gasteiger partial charge >= 0.3 is 0 Å². The van der Waals surface area contributed by atoms with Crippen LogP contribution in [0.4, 0.5) is 5.69 Å². The van der Waals surface area contributed by atoms with Crippen molar-refractivity contribution in [3.05, 3.63) is 24.3 Å². The van der Waals surface area contributed by atoms with Crippen molar-refractivity contribution < 1.29 is 14.3 Å². The van der Waals surface area contributed by atoms with Crippen molar-refractivity contribution in [1.82, 2.24) is 5.32 Å². The Hall–Kier alpha value is -1.75. The maximum Gasteiger partial charge on any atom is 0.257 e. The van der Waals surface area contributed by atoms with Crippen LogP contribution in [0, 0.1) is 5.92 Å². The van der Waals surface area contributed by atoms with E-state index in [0.29, 0.717) is 23.9 Å². The number of amides is 1. The molecule has 0 spiro atoms. The van der Waals surface area contributed by atoms with E-state index in [1.807, 2.05) is 0 Å². The second-order valence-corrected chi connectivity index (χ2v) is 4.73. The Morgan fingerprint density at radius 1 is 1.53 bits per heavy atom. The molecule has 1 fully saturated rings. The molecule has 1 heterocycles. The SMILES string of the molecule is Nc1cccc(OCC(=O)NCCC2CCOC2)c1. The number of nitrogens with one attached hydrogen (secondary N) is 1. The molecule has 1 saturated heterocycles. The van der Waals surface area contributed by atoms with Crippen LogP contribution in [0.3, 0.4) is 0 Å². The van der Waals surface area contributed by atoms with Gasteiger partial charge in [-0.15, -0.1) is 0 Å². The second-order valence-electron chi connectivity index (χ2n) is 4.73. The van der Waals surface area contributed by atoms with Gasteiger partial charge in [0, 0.05) is 31.5 Å². The van der Waals surface area contributed by atoms with Crippen molar-refractivity contribution in [2.24, 2.45) is 5.92 Å². The van der Waals surface area contributed by atoms with Crippen molar-refractivity contribution in [2.45, 2.75) is 12.8 Å². The summed E-state index contributed by atoms with van der Waals surface area (Å²) in [7, 11) is 0. The Morgan fingerprint density at radius 3 is 3.16 bits per heavy atom. The van der Waals surface area contributed by atoms with Gasteiger partial charge in [0.25, 0.3) is 5.91 Å². The number of ether oxygens (including phenoxy) is 2. The van der Waals surface area contributed by atoms with Crippen LogP contribution >= 0.6 is 0 Å². The van der Waals surface area contributed by atoms with Crippen LogP contribution in [-0.4, -0.2) is 32.3 Å². The average molecular weight is 264 g/mol. The van der Waals surface area contributed by atoms with E-state index < -0.39 is 0 Å². The number of carbonyl (C=O) groups excluding carboxylic acids is 1. The number of anilines is 1. The molecule has 0 bridgehead atoms. The van der Waals surface area contributed by atoms with E-state index in [1.54, 1.807) is 24.3 Å². The van der Waals surface area contributed by atoms with E-state index in [-0.39, 0.29) is 12.5 Å². The predicted molar refractivity (Wildman–Crippen MR) is 72.9 cm³/mol. The molecule has 0 aliphatic carbocycles. The first kappa shape index (κ1) is 13.7. The molecule has 2 rings (SSSR count). The summed E-state index contributed by atoms with van der Waals surface area (Å²) in [5.74, 6) is 1.08. The number of nitrogen functional groups attached to an aromatic ring is 1. The lowest BCUT2D eigenvalue weighted by atomic mass is 10.1. The Balaban J connectivity index is 1.61. The third-order valence-electron chi connectivity index (χ3n) is 3.13. The molecule has 0 saturated carbocycles. The van der Waals surface area contributed by atoms with Gasteiger partial charge in [0.2, 0.25) is 0 Å². The topological polar surface area (TPSA) is 73.6 Å². The summed E-state index contributed by atoms with van der Waals surface area (Å²) in [6, 6.07) is 7.04. The first-order valence-electron chi connectivity index (χ1n) is 6.57. The van der Waals surface area contributed by atoms with Gasteiger partial charge in [-0.05, 0) is 30.9 Å². The van der Waals surface area contributed by atoms with Gasteiger partial charge in [0.15, 0.2) is 6.61 Å². The van der Waals surface area contributed by atoms with Crippen LogP contribution in [0.25, 0.3) is 0 Å². The number of rotatable bonds is 6. The van der Waals surface area contributed by atoms with Crippen molar-refractivity contribution in [1.29, 1.82) is 0 Å². The number of nitrogens with two attached hydrogens (primary N) is 1. The van der Waals surface area contributed by atoms with Crippen LogP contribution in [0.2, 0.25) is 0 Å². The predicted octanol–water partition coefficient (Wildman–Crippen LogP) is 1.19. The van der Waals surface area contributed by atoms with E-state index >= 15 is 0 Å². The fourth-order valence-corrected chi connectivity index (χ4v) is 2.03. The molecule has 1 unspecified atom stereocenters. The van der Waals surface area contributed by atoms with E-state index in [2.05, 4.69) is 5.32 Å². The highest BCUT2D eigenvalue weighted by Crippen LogP contribution is 2.15. The van der Waals surface area contributed by atoms with Gasteiger partial charge in [-0.25, -0.2) is 0 Å². The van der Waals surface area contributed by atoms with Gasteiger partial charge in [-0.3, -0.25) is 4.79 Å². The smallest absolute Gasteiger partial charge is 0.257 e. The molecule has 1 amide bonds. The molecule has 3 N–H and O–H groups in total. The summed E-state index contributed by atoms with van der Waals surface area (Å²) in [6.45, 7) is 2.35. The fourth-order valence-electron chi connectivity index (χ4n) is 2.03. The van der Waals surface area contributed by atoms with Crippen molar-refractivity contribution >= 4 is 11.6 Å². The van der Waals surface area contributed by atoms with Gasteiger partial charge in [0.05, 0.1) is 0 Å². The second kappa shape index (κ2) is 6.99. The summed E-state index contributed by atoms with van der Waals surface area (Å²) in [5, 5.41) is 2.84. The lowest BCUT2D eigenvalue weighted by Crippen LogP contribution is -2.30. The summed E-state index contributed by atoms with van der Waals surface area (Å²) in [5.41, 5.74) is 6.25. The Morgan fingerprint density at radius 2 is 2.42 bits per heavy atom. The van der Waals surface area contributed by atoms with Crippen LogP contribution in [0.5, 0.6) is 5.75 Å².